The smallest absolute Gasteiger partial charge is 0.0821 e. The predicted octanol–water partition coefficient (Wildman–Crippen LogP) is 0.102. The Labute approximate surface area is 103 Å². The Bertz CT molecular complexity index is 413. The lowest BCUT2D eigenvalue weighted by Crippen LogP contribution is -2.42. The van der Waals surface area contributed by atoms with Crippen molar-refractivity contribution < 1.29 is 8.95 Å². The number of hydrogen-bond acceptors (Lipinski definition) is 5. The SMILES string of the molecule is CN1CCOC(CS(=O)c2ccncc2N)C1. The van der Waals surface area contributed by atoms with E-state index < -0.39 is 10.8 Å². The molecular formula is C11H17N3O2S. The Balaban J connectivity index is 1.99. The van der Waals surface area contributed by atoms with Crippen LogP contribution in [-0.4, -0.2) is 52.7 Å². The molecule has 0 amide bonds. The van der Waals surface area contributed by atoms with Gasteiger partial charge in [-0.15, -0.1) is 0 Å². The maximum absolute atomic E-state index is 12.1. The van der Waals surface area contributed by atoms with Gasteiger partial charge in [0.2, 0.25) is 0 Å². The highest BCUT2D eigenvalue weighted by Gasteiger charge is 2.21. The highest BCUT2D eigenvalue weighted by Crippen LogP contribution is 2.16. The lowest BCUT2D eigenvalue weighted by atomic mass is 10.3. The topological polar surface area (TPSA) is 68.5 Å². The highest BCUT2D eigenvalue weighted by atomic mass is 32.2. The van der Waals surface area contributed by atoms with Crippen LogP contribution >= 0.6 is 0 Å². The largest absolute Gasteiger partial charge is 0.396 e. The van der Waals surface area contributed by atoms with E-state index in [2.05, 4.69) is 9.88 Å². The van der Waals surface area contributed by atoms with Crippen LogP contribution < -0.4 is 5.73 Å². The van der Waals surface area contributed by atoms with Gasteiger partial charge in [0, 0.05) is 19.3 Å². The molecule has 0 spiro atoms. The quantitative estimate of drug-likeness (QED) is 0.830. The minimum Gasteiger partial charge on any atom is -0.396 e. The van der Waals surface area contributed by atoms with Crippen LogP contribution in [-0.2, 0) is 15.5 Å². The van der Waals surface area contributed by atoms with E-state index in [0.29, 0.717) is 22.9 Å². The maximum Gasteiger partial charge on any atom is 0.0821 e. The molecule has 0 saturated carbocycles. The van der Waals surface area contributed by atoms with Crippen molar-refractivity contribution in [3.05, 3.63) is 18.5 Å². The van der Waals surface area contributed by atoms with Crippen molar-refractivity contribution in [3.8, 4) is 0 Å². The van der Waals surface area contributed by atoms with Gasteiger partial charge in [-0.2, -0.15) is 0 Å². The molecule has 2 atom stereocenters. The fraction of sp³-hybridized carbons (Fsp3) is 0.545. The third-order valence-corrected chi connectivity index (χ3v) is 4.27. The van der Waals surface area contributed by atoms with Crippen molar-refractivity contribution in [3.63, 3.8) is 0 Å². The second-order valence-electron chi connectivity index (χ2n) is 4.18. The van der Waals surface area contributed by atoms with Crippen LogP contribution in [0.2, 0.25) is 0 Å². The fourth-order valence-corrected chi connectivity index (χ4v) is 3.07. The summed E-state index contributed by atoms with van der Waals surface area (Å²) in [6.07, 6.45) is 3.15. The van der Waals surface area contributed by atoms with Gasteiger partial charge in [-0.3, -0.25) is 9.19 Å². The zero-order valence-electron chi connectivity index (χ0n) is 9.83. The van der Waals surface area contributed by atoms with Gasteiger partial charge in [0.05, 0.1) is 46.0 Å². The van der Waals surface area contributed by atoms with Crippen LogP contribution in [0.1, 0.15) is 0 Å². The van der Waals surface area contributed by atoms with Gasteiger partial charge in [-0.05, 0) is 13.1 Å². The monoisotopic (exact) mass is 255 g/mol. The summed E-state index contributed by atoms with van der Waals surface area (Å²) in [5, 5.41) is 0. The number of nitrogens with zero attached hydrogens (tertiary/aromatic N) is 2. The summed E-state index contributed by atoms with van der Waals surface area (Å²) >= 11 is 0. The van der Waals surface area contributed by atoms with Gasteiger partial charge in [-0.25, -0.2) is 0 Å². The highest BCUT2D eigenvalue weighted by molar-refractivity contribution is 7.85. The second-order valence-corrected chi connectivity index (χ2v) is 5.64. The van der Waals surface area contributed by atoms with Crippen molar-refractivity contribution in [1.29, 1.82) is 0 Å². The molecule has 0 aliphatic carbocycles. The predicted molar refractivity (Wildman–Crippen MR) is 67.2 cm³/mol. The number of nitrogens with two attached hydrogens (primary N) is 1. The first kappa shape index (κ1) is 12.5. The zero-order chi connectivity index (χ0) is 12.3. The standard InChI is InChI=1S/C11H17N3O2S/c1-14-4-5-16-9(7-14)8-17(15)11-2-3-13-6-10(11)12/h2-3,6,9H,4-5,7-8,12H2,1H3. The molecule has 1 aromatic heterocycles. The van der Waals surface area contributed by atoms with E-state index >= 15 is 0 Å². The summed E-state index contributed by atoms with van der Waals surface area (Å²) in [6, 6.07) is 1.71. The number of ether oxygens (including phenoxy) is 1. The Kier molecular flexibility index (Phi) is 4.09. The number of rotatable bonds is 3. The van der Waals surface area contributed by atoms with Gasteiger partial charge in [0.25, 0.3) is 0 Å². The van der Waals surface area contributed by atoms with Crippen LogP contribution in [0.15, 0.2) is 23.4 Å². The number of pyridine rings is 1. The molecule has 2 unspecified atom stereocenters. The molecular weight excluding hydrogens is 238 g/mol. The average molecular weight is 255 g/mol. The molecule has 2 rings (SSSR count). The first-order valence-corrected chi connectivity index (χ1v) is 6.86. The lowest BCUT2D eigenvalue weighted by molar-refractivity contribution is -0.00640. The number of aromatic nitrogens is 1. The van der Waals surface area contributed by atoms with Crippen LogP contribution in [0.3, 0.4) is 0 Å². The molecule has 1 aliphatic rings. The molecule has 2 heterocycles. The van der Waals surface area contributed by atoms with Crippen molar-refractivity contribution in [2.45, 2.75) is 11.0 Å². The van der Waals surface area contributed by atoms with Crippen LogP contribution in [0, 0.1) is 0 Å². The van der Waals surface area contributed by atoms with E-state index in [-0.39, 0.29) is 6.10 Å². The molecule has 94 valence electrons. The Hall–Kier alpha value is -0.980. The molecule has 17 heavy (non-hydrogen) atoms. The zero-order valence-corrected chi connectivity index (χ0v) is 10.7. The van der Waals surface area contributed by atoms with Gasteiger partial charge < -0.3 is 15.4 Å². The Morgan fingerprint density at radius 1 is 1.71 bits per heavy atom. The summed E-state index contributed by atoms with van der Waals surface area (Å²) in [5.41, 5.74) is 6.23. The number of likely N-dealkylation sites (N-methyl/N-ethyl adjacent to an activating group) is 1. The van der Waals surface area contributed by atoms with E-state index in [1.165, 1.54) is 6.20 Å². The van der Waals surface area contributed by atoms with E-state index in [1.807, 2.05) is 7.05 Å². The summed E-state index contributed by atoms with van der Waals surface area (Å²) in [4.78, 5) is 6.72. The molecule has 1 aliphatic heterocycles. The molecule has 0 aromatic carbocycles. The number of hydrogen-bond donors (Lipinski definition) is 1. The van der Waals surface area contributed by atoms with Crippen LogP contribution in [0.5, 0.6) is 0 Å². The van der Waals surface area contributed by atoms with Crippen molar-refractivity contribution in [1.82, 2.24) is 9.88 Å². The third kappa shape index (κ3) is 3.24. The van der Waals surface area contributed by atoms with E-state index in [1.54, 1.807) is 12.3 Å². The molecule has 1 fully saturated rings. The first-order chi connectivity index (χ1) is 8.16. The molecule has 2 N–H and O–H groups in total. The van der Waals surface area contributed by atoms with Gasteiger partial charge in [0.15, 0.2) is 0 Å². The molecule has 5 nitrogen and oxygen atoms in total. The first-order valence-electron chi connectivity index (χ1n) is 5.55. The van der Waals surface area contributed by atoms with Crippen molar-refractivity contribution >= 4 is 16.5 Å². The summed E-state index contributed by atoms with van der Waals surface area (Å²) in [6.45, 7) is 2.45. The number of morpholine rings is 1. The van der Waals surface area contributed by atoms with Crippen molar-refractivity contribution in [2.24, 2.45) is 0 Å². The normalized spacial score (nSPS) is 23.5. The van der Waals surface area contributed by atoms with E-state index in [9.17, 15) is 4.21 Å². The third-order valence-electron chi connectivity index (χ3n) is 2.73. The van der Waals surface area contributed by atoms with Gasteiger partial charge >= 0.3 is 0 Å². The molecule has 0 radical (unpaired) electrons. The van der Waals surface area contributed by atoms with Crippen LogP contribution in [0.4, 0.5) is 5.69 Å². The summed E-state index contributed by atoms with van der Waals surface area (Å²) in [5.74, 6) is 0.485. The molecule has 0 bridgehead atoms. The minimum atomic E-state index is -1.12. The fourth-order valence-electron chi connectivity index (χ4n) is 1.83. The van der Waals surface area contributed by atoms with E-state index in [0.717, 1.165) is 13.1 Å². The molecule has 1 aromatic rings. The maximum atomic E-state index is 12.1. The minimum absolute atomic E-state index is 0.0159. The van der Waals surface area contributed by atoms with E-state index in [4.69, 9.17) is 10.5 Å². The lowest BCUT2D eigenvalue weighted by Gasteiger charge is -2.29. The van der Waals surface area contributed by atoms with Gasteiger partial charge in [0.1, 0.15) is 0 Å². The summed E-state index contributed by atoms with van der Waals surface area (Å²) < 4.78 is 17.7. The Morgan fingerprint density at radius 2 is 2.53 bits per heavy atom. The van der Waals surface area contributed by atoms with Crippen LogP contribution in [0.25, 0.3) is 0 Å². The second kappa shape index (κ2) is 5.57. The Morgan fingerprint density at radius 3 is 3.24 bits per heavy atom. The van der Waals surface area contributed by atoms with Gasteiger partial charge in [-0.1, -0.05) is 0 Å². The number of nitrogen functional groups attached to an aromatic ring is 1. The molecule has 1 saturated heterocycles. The number of anilines is 1. The summed E-state index contributed by atoms with van der Waals surface area (Å²) in [7, 11) is 0.917. The molecule has 6 heteroatoms. The van der Waals surface area contributed by atoms with Crippen molar-refractivity contribution in [2.75, 3.05) is 38.2 Å². The average Bonchev–Trinajstić information content (AvgIpc) is 2.29.